The van der Waals surface area contributed by atoms with Crippen LogP contribution < -0.4 is 5.32 Å². The molecule has 5 heteroatoms. The number of nitrogens with one attached hydrogen (secondary N) is 1. The van der Waals surface area contributed by atoms with E-state index in [1.165, 1.54) is 12.0 Å². The highest BCUT2D eigenvalue weighted by Crippen LogP contribution is 2.29. The number of amides is 1. The first-order valence-electron chi connectivity index (χ1n) is 8.35. The fourth-order valence-corrected chi connectivity index (χ4v) is 3.48. The van der Waals surface area contributed by atoms with Gasteiger partial charge in [0.05, 0.1) is 6.04 Å². The molecule has 1 aromatic carbocycles. The zero-order valence-corrected chi connectivity index (χ0v) is 16.0. The molecule has 1 N–H and O–H groups in total. The summed E-state index contributed by atoms with van der Waals surface area (Å²) in [6.07, 6.45) is 3.42. The molecule has 128 valence electrons. The number of nitrogens with zero attached hydrogens (tertiary/aromatic N) is 2. The smallest absolute Gasteiger partial charge is 0.268 e. The molecule has 1 unspecified atom stereocenters. The van der Waals surface area contributed by atoms with Gasteiger partial charge in [0, 0.05) is 23.3 Å². The van der Waals surface area contributed by atoms with E-state index in [9.17, 15) is 4.79 Å². The van der Waals surface area contributed by atoms with Gasteiger partial charge >= 0.3 is 0 Å². The second-order valence-corrected chi connectivity index (χ2v) is 7.64. The van der Waals surface area contributed by atoms with Crippen molar-refractivity contribution in [2.75, 3.05) is 14.1 Å². The highest BCUT2D eigenvalue weighted by Gasteiger charge is 2.25. The Morgan fingerprint density at radius 2 is 1.88 bits per heavy atom. The average molecular weight is 390 g/mol. The molecule has 24 heavy (non-hydrogen) atoms. The van der Waals surface area contributed by atoms with Gasteiger partial charge in [0.2, 0.25) is 0 Å². The largest absolute Gasteiger partial charge is 0.348 e. The highest BCUT2D eigenvalue weighted by atomic mass is 79.9. The van der Waals surface area contributed by atoms with Crippen molar-refractivity contribution in [3.63, 3.8) is 0 Å². The maximum Gasteiger partial charge on any atom is 0.268 e. The summed E-state index contributed by atoms with van der Waals surface area (Å²) in [4.78, 5) is 14.7. The van der Waals surface area contributed by atoms with E-state index in [2.05, 4.69) is 70.6 Å². The first-order valence-corrected chi connectivity index (χ1v) is 9.15. The predicted molar refractivity (Wildman–Crippen MR) is 100 cm³/mol. The van der Waals surface area contributed by atoms with Gasteiger partial charge in [-0.05, 0) is 63.2 Å². The number of halogens is 1. The maximum atomic E-state index is 12.5. The van der Waals surface area contributed by atoms with Crippen molar-refractivity contribution < 1.29 is 4.79 Å². The van der Waals surface area contributed by atoms with E-state index in [1.54, 1.807) is 0 Å². The predicted octanol–water partition coefficient (Wildman–Crippen LogP) is 3.72. The third-order valence-electron chi connectivity index (χ3n) is 4.82. The lowest BCUT2D eigenvalue weighted by molar-refractivity contribution is 0.0908. The Labute approximate surface area is 152 Å². The minimum Gasteiger partial charge on any atom is -0.348 e. The number of hydrogen-bond acceptors (Lipinski definition) is 2. The lowest BCUT2D eigenvalue weighted by atomic mass is 9.93. The molecule has 0 aliphatic heterocycles. The van der Waals surface area contributed by atoms with Crippen LogP contribution in [0.2, 0.25) is 0 Å². The van der Waals surface area contributed by atoms with E-state index in [4.69, 9.17) is 0 Å². The van der Waals surface area contributed by atoms with Gasteiger partial charge in [-0.1, -0.05) is 28.1 Å². The lowest BCUT2D eigenvalue weighted by Gasteiger charge is -2.27. The minimum atomic E-state index is 0.0294. The van der Waals surface area contributed by atoms with Crippen LogP contribution in [0, 0.1) is 0 Å². The molecule has 1 amide bonds. The number of rotatable bonds is 5. The van der Waals surface area contributed by atoms with E-state index < -0.39 is 0 Å². The van der Waals surface area contributed by atoms with Crippen molar-refractivity contribution in [3.05, 3.63) is 57.8 Å². The van der Waals surface area contributed by atoms with E-state index in [-0.39, 0.29) is 11.9 Å². The molecule has 1 aliphatic carbocycles. The Balaban J connectivity index is 1.88. The van der Waals surface area contributed by atoms with Crippen molar-refractivity contribution in [1.29, 1.82) is 0 Å². The number of carbonyl (C=O) groups is 1. The summed E-state index contributed by atoms with van der Waals surface area (Å²) in [7, 11) is 6.10. The summed E-state index contributed by atoms with van der Waals surface area (Å²) in [5.74, 6) is 0.0294. The molecule has 1 aromatic heterocycles. The minimum absolute atomic E-state index is 0.0294. The highest BCUT2D eigenvalue weighted by molar-refractivity contribution is 9.10. The summed E-state index contributed by atoms with van der Waals surface area (Å²) in [5.41, 5.74) is 3.04. The Morgan fingerprint density at radius 3 is 2.42 bits per heavy atom. The van der Waals surface area contributed by atoms with Crippen molar-refractivity contribution in [3.8, 4) is 0 Å². The molecule has 0 bridgehead atoms. The normalized spacial score (nSPS) is 16.0. The fraction of sp³-hybridized carbons (Fsp3) is 0.421. The third kappa shape index (κ3) is 3.42. The lowest BCUT2D eigenvalue weighted by Crippen LogP contribution is -2.40. The first-order chi connectivity index (χ1) is 11.5. The summed E-state index contributed by atoms with van der Waals surface area (Å²) in [6.45, 7) is 0. The van der Waals surface area contributed by atoms with Crippen LogP contribution in [0.4, 0.5) is 0 Å². The van der Waals surface area contributed by atoms with Crippen LogP contribution in [-0.2, 0) is 7.05 Å². The number of hydrogen-bond donors (Lipinski definition) is 1. The van der Waals surface area contributed by atoms with Crippen LogP contribution in [0.3, 0.4) is 0 Å². The molecule has 1 atom stereocenters. The summed E-state index contributed by atoms with van der Waals surface area (Å²) >= 11 is 3.49. The van der Waals surface area contributed by atoms with Crippen molar-refractivity contribution in [2.45, 2.75) is 31.3 Å². The molecule has 1 fully saturated rings. The van der Waals surface area contributed by atoms with Gasteiger partial charge in [0.25, 0.3) is 5.91 Å². The molecular weight excluding hydrogens is 366 g/mol. The van der Waals surface area contributed by atoms with E-state index in [0.717, 1.165) is 28.7 Å². The van der Waals surface area contributed by atoms with E-state index in [0.29, 0.717) is 6.04 Å². The second kappa shape index (κ2) is 7.11. The summed E-state index contributed by atoms with van der Waals surface area (Å²) in [6, 6.07) is 12.8. The number of aromatic nitrogens is 1. The number of carbonyl (C=O) groups excluding carboxylic acids is 1. The molecule has 4 nitrogen and oxygen atoms in total. The van der Waals surface area contributed by atoms with Gasteiger partial charge in [-0.25, -0.2) is 0 Å². The van der Waals surface area contributed by atoms with E-state index in [1.807, 2.05) is 17.7 Å². The maximum absolute atomic E-state index is 12.5. The van der Waals surface area contributed by atoms with Gasteiger partial charge in [-0.3, -0.25) is 9.69 Å². The average Bonchev–Trinajstić information content (AvgIpc) is 2.87. The van der Waals surface area contributed by atoms with Crippen LogP contribution in [0.1, 0.15) is 47.1 Å². The van der Waals surface area contributed by atoms with Crippen molar-refractivity contribution in [2.24, 2.45) is 7.05 Å². The van der Waals surface area contributed by atoms with Crippen molar-refractivity contribution in [1.82, 2.24) is 14.8 Å². The van der Waals surface area contributed by atoms with Gasteiger partial charge < -0.3 is 9.88 Å². The Morgan fingerprint density at radius 1 is 1.21 bits per heavy atom. The monoisotopic (exact) mass is 389 g/mol. The second-order valence-electron chi connectivity index (χ2n) is 6.72. The molecule has 2 aromatic rings. The van der Waals surface area contributed by atoms with Crippen molar-refractivity contribution >= 4 is 21.8 Å². The first kappa shape index (κ1) is 17.2. The summed E-state index contributed by atoms with van der Waals surface area (Å²) < 4.78 is 3.08. The Bertz CT molecular complexity index is 717. The van der Waals surface area contributed by atoms with Gasteiger partial charge in [-0.15, -0.1) is 0 Å². The SMILES string of the molecule is CN(C)C(c1ccc(Br)cc1)c1ccc(C(=O)NC2CCC2)n1C. The Hall–Kier alpha value is -1.59. The Kier molecular flexibility index (Phi) is 5.11. The van der Waals surface area contributed by atoms with Crippen LogP contribution in [0.25, 0.3) is 0 Å². The molecular formula is C19H24BrN3O. The topological polar surface area (TPSA) is 37.3 Å². The van der Waals surface area contributed by atoms with Gasteiger partial charge in [0.15, 0.2) is 0 Å². The molecule has 1 aliphatic rings. The summed E-state index contributed by atoms with van der Waals surface area (Å²) in [5, 5.41) is 3.12. The number of benzene rings is 1. The molecule has 1 saturated carbocycles. The standard InChI is InChI=1S/C19H24BrN3O/c1-22(2)18(13-7-9-14(20)10-8-13)16-11-12-17(23(16)3)19(24)21-15-5-4-6-15/h7-12,15,18H,4-6H2,1-3H3,(H,21,24). The van der Waals surface area contributed by atoms with Gasteiger partial charge in [-0.2, -0.15) is 0 Å². The quantitative estimate of drug-likeness (QED) is 0.845. The van der Waals surface area contributed by atoms with Crippen LogP contribution in [-0.4, -0.2) is 35.5 Å². The third-order valence-corrected chi connectivity index (χ3v) is 5.34. The van der Waals surface area contributed by atoms with Crippen LogP contribution in [0.15, 0.2) is 40.9 Å². The van der Waals surface area contributed by atoms with E-state index >= 15 is 0 Å². The van der Waals surface area contributed by atoms with Crippen LogP contribution >= 0.6 is 15.9 Å². The molecule has 3 rings (SSSR count). The van der Waals surface area contributed by atoms with Gasteiger partial charge in [0.1, 0.15) is 5.69 Å². The zero-order chi connectivity index (χ0) is 17.3. The fourth-order valence-electron chi connectivity index (χ4n) is 3.22. The molecule has 1 heterocycles. The zero-order valence-electron chi connectivity index (χ0n) is 14.4. The molecule has 0 saturated heterocycles. The van der Waals surface area contributed by atoms with Crippen LogP contribution in [0.5, 0.6) is 0 Å². The molecule has 0 radical (unpaired) electrons. The molecule has 0 spiro atoms.